The number of aryl methyl sites for hydroxylation is 1. The van der Waals surface area contributed by atoms with Crippen molar-refractivity contribution in [2.75, 3.05) is 0 Å². The number of nitrogens with zero attached hydrogens (tertiary/aromatic N) is 1. The summed E-state index contributed by atoms with van der Waals surface area (Å²) in [5.41, 5.74) is -0.795. The molecule has 1 aromatic rings. The molecule has 0 fully saturated rings. The first-order valence-electron chi connectivity index (χ1n) is 5.61. The van der Waals surface area contributed by atoms with Gasteiger partial charge in [-0.05, 0) is 31.5 Å². The number of rotatable bonds is 5. The fraction of sp³-hybridized carbons (Fsp3) is 0.333. The molecule has 0 aliphatic heterocycles. The molecule has 2 N–H and O–H groups in total. The second-order valence-corrected chi connectivity index (χ2v) is 6.01. The van der Waals surface area contributed by atoms with Crippen molar-refractivity contribution < 1.29 is 22.7 Å². The van der Waals surface area contributed by atoms with Gasteiger partial charge >= 0.3 is 5.97 Å². The molecule has 1 atom stereocenters. The van der Waals surface area contributed by atoms with Gasteiger partial charge in [0.05, 0.1) is 22.9 Å². The van der Waals surface area contributed by atoms with Crippen LogP contribution in [-0.4, -0.2) is 25.5 Å². The van der Waals surface area contributed by atoms with E-state index in [4.69, 9.17) is 10.4 Å². The van der Waals surface area contributed by atoms with Crippen molar-refractivity contribution >= 4 is 16.0 Å². The number of benzene rings is 1. The zero-order valence-electron chi connectivity index (χ0n) is 10.8. The first-order valence-corrected chi connectivity index (χ1v) is 7.10. The van der Waals surface area contributed by atoms with Gasteiger partial charge in [0, 0.05) is 6.04 Å². The number of nitriles is 1. The zero-order chi connectivity index (χ0) is 15.5. The van der Waals surface area contributed by atoms with Gasteiger partial charge in [0.15, 0.2) is 0 Å². The van der Waals surface area contributed by atoms with Gasteiger partial charge in [-0.1, -0.05) is 0 Å². The second-order valence-electron chi connectivity index (χ2n) is 4.29. The van der Waals surface area contributed by atoms with Crippen molar-refractivity contribution in [3.05, 3.63) is 29.1 Å². The average molecular weight is 300 g/mol. The Kier molecular flexibility index (Phi) is 4.81. The van der Waals surface area contributed by atoms with Crippen LogP contribution < -0.4 is 4.72 Å². The van der Waals surface area contributed by atoms with Gasteiger partial charge in [0.2, 0.25) is 10.0 Å². The van der Waals surface area contributed by atoms with Crippen LogP contribution in [0.3, 0.4) is 0 Å². The minimum Gasteiger partial charge on any atom is -0.478 e. The summed E-state index contributed by atoms with van der Waals surface area (Å²) in [6, 6.07) is 2.98. The van der Waals surface area contributed by atoms with Crippen LogP contribution in [0, 0.1) is 24.1 Å². The molecular formula is C12H13FN2O4S. The third-order valence-corrected chi connectivity index (χ3v) is 4.09. The number of carboxylic acids is 1. The van der Waals surface area contributed by atoms with E-state index in [9.17, 15) is 17.6 Å². The van der Waals surface area contributed by atoms with Crippen LogP contribution in [0.25, 0.3) is 0 Å². The zero-order valence-corrected chi connectivity index (χ0v) is 11.7. The minimum atomic E-state index is -4.01. The lowest BCUT2D eigenvalue weighted by Gasteiger charge is -2.12. The van der Waals surface area contributed by atoms with E-state index in [2.05, 4.69) is 4.72 Å². The Labute approximate surface area is 115 Å². The van der Waals surface area contributed by atoms with Crippen molar-refractivity contribution in [1.82, 2.24) is 4.72 Å². The van der Waals surface area contributed by atoms with Crippen LogP contribution in [0.4, 0.5) is 4.39 Å². The highest BCUT2D eigenvalue weighted by Crippen LogP contribution is 2.19. The first kappa shape index (κ1) is 16.1. The summed E-state index contributed by atoms with van der Waals surface area (Å²) in [6.07, 6.45) is -0.0365. The molecule has 108 valence electrons. The maximum absolute atomic E-state index is 13.6. The predicted octanol–water partition coefficient (Wildman–Crippen LogP) is 1.41. The smallest absolute Gasteiger partial charge is 0.338 e. The Morgan fingerprint density at radius 3 is 2.65 bits per heavy atom. The molecule has 20 heavy (non-hydrogen) atoms. The Morgan fingerprint density at radius 2 is 2.15 bits per heavy atom. The maximum Gasteiger partial charge on any atom is 0.338 e. The molecule has 0 spiro atoms. The predicted molar refractivity (Wildman–Crippen MR) is 68.1 cm³/mol. The summed E-state index contributed by atoms with van der Waals surface area (Å²) in [5, 5.41) is 17.3. The average Bonchev–Trinajstić information content (AvgIpc) is 2.31. The molecule has 1 aromatic carbocycles. The van der Waals surface area contributed by atoms with Gasteiger partial charge in [0.1, 0.15) is 5.82 Å². The summed E-state index contributed by atoms with van der Waals surface area (Å²) in [5.74, 6) is -2.52. The van der Waals surface area contributed by atoms with E-state index < -0.39 is 33.4 Å². The summed E-state index contributed by atoms with van der Waals surface area (Å²) < 4.78 is 39.8. The SMILES string of the molecule is Cc1cc(S(=O)(=O)NC(C)CC#N)cc(C(=O)O)c1F. The highest BCUT2D eigenvalue weighted by molar-refractivity contribution is 7.89. The summed E-state index contributed by atoms with van der Waals surface area (Å²) in [4.78, 5) is 10.5. The monoisotopic (exact) mass is 300 g/mol. The fourth-order valence-corrected chi connectivity index (χ4v) is 2.91. The van der Waals surface area contributed by atoms with E-state index in [0.717, 1.165) is 12.1 Å². The van der Waals surface area contributed by atoms with Gasteiger partial charge in [-0.25, -0.2) is 22.3 Å². The molecule has 0 amide bonds. The number of halogens is 1. The third kappa shape index (κ3) is 3.53. The first-order chi connectivity index (χ1) is 9.19. The lowest BCUT2D eigenvalue weighted by atomic mass is 10.1. The molecule has 0 saturated carbocycles. The Bertz CT molecular complexity index is 679. The van der Waals surface area contributed by atoms with E-state index in [1.165, 1.54) is 13.8 Å². The molecule has 0 aliphatic rings. The van der Waals surface area contributed by atoms with Crippen LogP contribution in [0.1, 0.15) is 29.3 Å². The molecule has 1 rings (SSSR count). The summed E-state index contributed by atoms with van der Waals surface area (Å²) in [6.45, 7) is 2.77. The molecule has 8 heteroatoms. The van der Waals surface area contributed by atoms with Crippen molar-refractivity contribution in [3.63, 3.8) is 0 Å². The van der Waals surface area contributed by atoms with Gasteiger partial charge in [-0.15, -0.1) is 0 Å². The lowest BCUT2D eigenvalue weighted by Crippen LogP contribution is -2.32. The quantitative estimate of drug-likeness (QED) is 0.855. The van der Waals surface area contributed by atoms with E-state index in [1.54, 1.807) is 0 Å². The van der Waals surface area contributed by atoms with Gasteiger partial charge in [-0.3, -0.25) is 0 Å². The summed E-state index contributed by atoms with van der Waals surface area (Å²) in [7, 11) is -4.01. The number of sulfonamides is 1. The highest BCUT2D eigenvalue weighted by Gasteiger charge is 2.22. The molecule has 0 bridgehead atoms. The van der Waals surface area contributed by atoms with Gasteiger partial charge in [0.25, 0.3) is 0 Å². The van der Waals surface area contributed by atoms with Crippen LogP contribution in [0.5, 0.6) is 0 Å². The molecule has 0 radical (unpaired) electrons. The second kappa shape index (κ2) is 5.98. The Morgan fingerprint density at radius 1 is 1.55 bits per heavy atom. The van der Waals surface area contributed by atoms with Crippen molar-refractivity contribution in [1.29, 1.82) is 5.26 Å². The standard InChI is InChI=1S/C12H13FN2O4S/c1-7-5-9(6-10(11(7)13)12(16)17)20(18,19)15-8(2)3-4-14/h5-6,8,15H,3H2,1-2H3,(H,16,17). The number of carbonyl (C=O) groups is 1. The van der Waals surface area contributed by atoms with E-state index in [0.29, 0.717) is 0 Å². The van der Waals surface area contributed by atoms with Crippen LogP contribution in [0.15, 0.2) is 17.0 Å². The van der Waals surface area contributed by atoms with Crippen molar-refractivity contribution in [2.45, 2.75) is 31.2 Å². The normalized spacial score (nSPS) is 12.7. The maximum atomic E-state index is 13.6. The molecule has 6 nitrogen and oxygen atoms in total. The number of aromatic carboxylic acids is 1. The number of carboxylic acid groups (broad SMARTS) is 1. The van der Waals surface area contributed by atoms with Gasteiger partial charge < -0.3 is 5.11 Å². The van der Waals surface area contributed by atoms with Crippen LogP contribution in [0.2, 0.25) is 0 Å². The molecule has 0 saturated heterocycles. The largest absolute Gasteiger partial charge is 0.478 e. The van der Waals surface area contributed by atoms with E-state index >= 15 is 0 Å². The molecule has 0 heterocycles. The Balaban J connectivity index is 3.27. The lowest BCUT2D eigenvalue weighted by molar-refractivity contribution is 0.0691. The number of hydrogen-bond acceptors (Lipinski definition) is 4. The third-order valence-electron chi connectivity index (χ3n) is 2.52. The highest BCUT2D eigenvalue weighted by atomic mass is 32.2. The molecular weight excluding hydrogens is 287 g/mol. The summed E-state index contributed by atoms with van der Waals surface area (Å²) >= 11 is 0. The van der Waals surface area contributed by atoms with Crippen LogP contribution >= 0.6 is 0 Å². The van der Waals surface area contributed by atoms with Gasteiger partial charge in [-0.2, -0.15) is 5.26 Å². The topological polar surface area (TPSA) is 107 Å². The van der Waals surface area contributed by atoms with Crippen LogP contribution in [-0.2, 0) is 10.0 Å². The van der Waals surface area contributed by atoms with Crippen molar-refractivity contribution in [2.24, 2.45) is 0 Å². The molecule has 0 aliphatic carbocycles. The molecule has 1 unspecified atom stereocenters. The minimum absolute atomic E-state index is 0.0365. The number of nitrogens with one attached hydrogen (secondary N) is 1. The molecule has 0 aromatic heterocycles. The van der Waals surface area contributed by atoms with E-state index in [-0.39, 0.29) is 16.9 Å². The Hall–Kier alpha value is -1.98. The van der Waals surface area contributed by atoms with Crippen molar-refractivity contribution in [3.8, 4) is 6.07 Å². The van der Waals surface area contributed by atoms with E-state index in [1.807, 2.05) is 6.07 Å². The number of hydrogen-bond donors (Lipinski definition) is 2. The fourth-order valence-electron chi connectivity index (χ4n) is 1.56.